The molecular weight excluding hydrogens is 398 g/mol. The number of hydrogen-bond acceptors (Lipinski definition) is 8. The van der Waals surface area contributed by atoms with Crippen LogP contribution < -0.4 is 4.74 Å². The molecule has 0 radical (unpaired) electrons. The number of methoxy groups -OCH3 is 2. The molecule has 3 heterocycles. The fourth-order valence-corrected chi connectivity index (χ4v) is 4.67. The van der Waals surface area contributed by atoms with E-state index in [1.807, 2.05) is 0 Å². The molecule has 0 fully saturated rings. The van der Waals surface area contributed by atoms with Crippen LogP contribution in [0, 0.1) is 0 Å². The summed E-state index contributed by atoms with van der Waals surface area (Å²) in [6, 6.07) is 6.43. The summed E-state index contributed by atoms with van der Waals surface area (Å²) in [6.45, 7) is 0.864. The highest BCUT2D eigenvalue weighted by Crippen LogP contribution is 2.34. The first kappa shape index (κ1) is 19.6. The Morgan fingerprint density at radius 3 is 2.83 bits per heavy atom. The van der Waals surface area contributed by atoms with Crippen molar-refractivity contribution >= 4 is 10.0 Å². The third-order valence-electron chi connectivity index (χ3n) is 4.81. The fraction of sp³-hybridized carbons (Fsp3) is 0.389. The van der Waals surface area contributed by atoms with Crippen molar-refractivity contribution < 1.29 is 22.4 Å². The molecule has 0 N–H and O–H groups in total. The standard InChI is InChI=1S/C18H21N5O5S/c1-22-15-11-23(29(24,25)13-6-4-5-12(9-13)27-3)10-14(15)17(20-22)18-19-16(21-28-18)7-8-26-2/h4-6,9H,7-8,10-11H2,1-3H3. The SMILES string of the molecule is COCCc1noc(-c2nn(C)c3c2CN(S(=O)(=O)c2cccc(OC)c2)C3)n1. The second-order valence-corrected chi connectivity index (χ2v) is 8.55. The molecular formula is C18H21N5O5S. The van der Waals surface area contributed by atoms with Crippen molar-refractivity contribution in [3.05, 3.63) is 41.3 Å². The molecule has 1 aromatic carbocycles. The smallest absolute Gasteiger partial charge is 0.278 e. The molecule has 3 aromatic rings. The average molecular weight is 419 g/mol. The number of aromatic nitrogens is 4. The molecule has 0 spiro atoms. The second kappa shape index (κ2) is 7.58. The van der Waals surface area contributed by atoms with E-state index in [4.69, 9.17) is 14.0 Å². The van der Waals surface area contributed by atoms with Gasteiger partial charge in [-0.15, -0.1) is 0 Å². The van der Waals surface area contributed by atoms with E-state index in [9.17, 15) is 8.42 Å². The summed E-state index contributed by atoms with van der Waals surface area (Å²) in [5, 5.41) is 8.40. The van der Waals surface area contributed by atoms with Crippen LogP contribution >= 0.6 is 0 Å². The van der Waals surface area contributed by atoms with Crippen molar-refractivity contribution in [3.8, 4) is 17.3 Å². The normalized spacial score (nSPS) is 14.3. The van der Waals surface area contributed by atoms with Crippen molar-refractivity contribution in [1.82, 2.24) is 24.2 Å². The van der Waals surface area contributed by atoms with Gasteiger partial charge in [0.15, 0.2) is 11.5 Å². The minimum Gasteiger partial charge on any atom is -0.497 e. The van der Waals surface area contributed by atoms with Gasteiger partial charge in [0.05, 0.1) is 30.9 Å². The van der Waals surface area contributed by atoms with Gasteiger partial charge in [-0.2, -0.15) is 14.4 Å². The lowest BCUT2D eigenvalue weighted by atomic mass is 10.2. The van der Waals surface area contributed by atoms with Crippen molar-refractivity contribution in [2.45, 2.75) is 24.4 Å². The number of benzene rings is 1. The quantitative estimate of drug-likeness (QED) is 0.564. The Morgan fingerprint density at radius 2 is 2.07 bits per heavy atom. The number of hydrogen-bond donors (Lipinski definition) is 0. The number of sulfonamides is 1. The number of ether oxygens (including phenoxy) is 2. The predicted molar refractivity (Wildman–Crippen MR) is 102 cm³/mol. The van der Waals surface area contributed by atoms with Gasteiger partial charge in [0, 0.05) is 38.8 Å². The first-order valence-electron chi connectivity index (χ1n) is 8.95. The first-order valence-corrected chi connectivity index (χ1v) is 10.4. The summed E-state index contributed by atoms with van der Waals surface area (Å²) < 4.78 is 44.8. The van der Waals surface area contributed by atoms with Crippen LogP contribution in [0.15, 0.2) is 33.7 Å². The van der Waals surface area contributed by atoms with E-state index in [1.165, 1.54) is 17.5 Å². The molecule has 29 heavy (non-hydrogen) atoms. The lowest BCUT2D eigenvalue weighted by molar-refractivity contribution is 0.199. The lowest BCUT2D eigenvalue weighted by Crippen LogP contribution is -2.26. The van der Waals surface area contributed by atoms with Gasteiger partial charge in [0.1, 0.15) is 5.75 Å². The molecule has 0 unspecified atom stereocenters. The monoisotopic (exact) mass is 419 g/mol. The van der Waals surface area contributed by atoms with Crippen LogP contribution in [0.2, 0.25) is 0 Å². The highest BCUT2D eigenvalue weighted by molar-refractivity contribution is 7.89. The Labute approximate surface area is 168 Å². The molecule has 1 aliphatic heterocycles. The molecule has 10 nitrogen and oxygen atoms in total. The Balaban J connectivity index is 1.63. The first-order chi connectivity index (χ1) is 13.9. The molecule has 0 saturated heterocycles. The predicted octanol–water partition coefficient (Wildman–Crippen LogP) is 1.37. The van der Waals surface area contributed by atoms with Gasteiger partial charge in [0.25, 0.3) is 5.89 Å². The number of nitrogens with zero attached hydrogens (tertiary/aromatic N) is 5. The van der Waals surface area contributed by atoms with Gasteiger partial charge in [-0.1, -0.05) is 11.2 Å². The fourth-order valence-electron chi connectivity index (χ4n) is 3.26. The van der Waals surface area contributed by atoms with Crippen molar-refractivity contribution in [1.29, 1.82) is 0 Å². The molecule has 154 valence electrons. The van der Waals surface area contributed by atoms with E-state index >= 15 is 0 Å². The largest absolute Gasteiger partial charge is 0.497 e. The van der Waals surface area contributed by atoms with E-state index < -0.39 is 10.0 Å². The summed E-state index contributed by atoms with van der Waals surface area (Å²) in [5.74, 6) is 1.27. The summed E-state index contributed by atoms with van der Waals surface area (Å²) in [6.07, 6.45) is 0.519. The highest BCUT2D eigenvalue weighted by Gasteiger charge is 2.36. The highest BCUT2D eigenvalue weighted by atomic mass is 32.2. The zero-order valence-electron chi connectivity index (χ0n) is 16.3. The van der Waals surface area contributed by atoms with Crippen LogP contribution in [0.1, 0.15) is 17.1 Å². The molecule has 0 aliphatic carbocycles. The Morgan fingerprint density at radius 1 is 1.24 bits per heavy atom. The van der Waals surface area contributed by atoms with Crippen molar-refractivity contribution in [2.75, 3.05) is 20.8 Å². The minimum atomic E-state index is -3.70. The number of aryl methyl sites for hydroxylation is 1. The maximum absolute atomic E-state index is 13.1. The zero-order valence-corrected chi connectivity index (χ0v) is 17.1. The summed E-state index contributed by atoms with van der Waals surface area (Å²) in [5.41, 5.74) is 2.06. The maximum atomic E-state index is 13.1. The van der Waals surface area contributed by atoms with Gasteiger partial charge >= 0.3 is 0 Å². The molecule has 0 atom stereocenters. The van der Waals surface area contributed by atoms with Gasteiger partial charge in [0.2, 0.25) is 10.0 Å². The van der Waals surface area contributed by atoms with E-state index in [0.717, 1.165) is 11.3 Å². The Kier molecular flexibility index (Phi) is 5.11. The third-order valence-corrected chi connectivity index (χ3v) is 6.60. The van der Waals surface area contributed by atoms with Gasteiger partial charge < -0.3 is 14.0 Å². The lowest BCUT2D eigenvalue weighted by Gasteiger charge is -2.16. The van der Waals surface area contributed by atoms with Crippen molar-refractivity contribution in [3.63, 3.8) is 0 Å². The molecule has 0 amide bonds. The van der Waals surface area contributed by atoms with Crippen LogP contribution in [0.3, 0.4) is 0 Å². The van der Waals surface area contributed by atoms with E-state index in [0.29, 0.717) is 30.3 Å². The Bertz CT molecular complexity index is 1140. The number of fused-ring (bicyclic) bond motifs is 1. The molecule has 2 aromatic heterocycles. The molecule has 0 saturated carbocycles. The van der Waals surface area contributed by atoms with E-state index in [-0.39, 0.29) is 23.9 Å². The van der Waals surface area contributed by atoms with Crippen LogP contribution in [-0.4, -0.2) is 53.5 Å². The minimum absolute atomic E-state index is 0.174. The topological polar surface area (TPSA) is 113 Å². The van der Waals surface area contributed by atoms with Crippen LogP contribution in [-0.2, 0) is 41.3 Å². The second-order valence-electron chi connectivity index (χ2n) is 6.61. The van der Waals surface area contributed by atoms with Crippen LogP contribution in [0.25, 0.3) is 11.6 Å². The average Bonchev–Trinajstić information content (AvgIpc) is 3.43. The third kappa shape index (κ3) is 3.52. The Hall–Kier alpha value is -2.76. The summed E-state index contributed by atoms with van der Waals surface area (Å²) >= 11 is 0. The molecule has 4 rings (SSSR count). The summed E-state index contributed by atoms with van der Waals surface area (Å²) in [7, 11) is 1.17. The maximum Gasteiger partial charge on any atom is 0.278 e. The molecule has 0 bridgehead atoms. The van der Waals surface area contributed by atoms with Crippen LogP contribution in [0.4, 0.5) is 0 Å². The van der Waals surface area contributed by atoms with Gasteiger partial charge in [-0.05, 0) is 12.1 Å². The molecule has 1 aliphatic rings. The van der Waals surface area contributed by atoms with E-state index in [2.05, 4.69) is 15.2 Å². The summed E-state index contributed by atoms with van der Waals surface area (Å²) in [4.78, 5) is 4.54. The van der Waals surface area contributed by atoms with Gasteiger partial charge in [-0.25, -0.2) is 8.42 Å². The van der Waals surface area contributed by atoms with E-state index in [1.54, 1.807) is 37.0 Å². The number of rotatable bonds is 7. The zero-order chi connectivity index (χ0) is 20.6. The molecule has 11 heteroatoms. The van der Waals surface area contributed by atoms with Gasteiger partial charge in [-0.3, -0.25) is 4.68 Å². The van der Waals surface area contributed by atoms with Crippen molar-refractivity contribution in [2.24, 2.45) is 7.05 Å². The van der Waals surface area contributed by atoms with Crippen LogP contribution in [0.5, 0.6) is 5.75 Å².